The molecule has 0 aliphatic rings. The number of rotatable bonds is 25. The minimum absolute atomic E-state index is 0.330. The standard InChI is InChI=1S/C28H54O4/c1-3-4-5-6-7-8-9-10-11-12-13-14-15-16-17-18-19-20-21-22-23-24-25-27(29)32-26(2)28(30)31/h26H,3-25H2,1-2H3,(H,30,31). The summed E-state index contributed by atoms with van der Waals surface area (Å²) >= 11 is 0. The summed E-state index contributed by atoms with van der Waals surface area (Å²) in [4.78, 5) is 22.1. The summed E-state index contributed by atoms with van der Waals surface area (Å²) < 4.78 is 4.82. The topological polar surface area (TPSA) is 63.6 Å². The Morgan fingerprint density at radius 2 is 0.844 bits per heavy atom. The lowest BCUT2D eigenvalue weighted by Crippen LogP contribution is -2.23. The van der Waals surface area contributed by atoms with Crippen molar-refractivity contribution in [3.63, 3.8) is 0 Å². The highest BCUT2D eigenvalue weighted by atomic mass is 16.6. The molecule has 1 N–H and O–H groups in total. The van der Waals surface area contributed by atoms with Crippen molar-refractivity contribution in [2.75, 3.05) is 0 Å². The van der Waals surface area contributed by atoms with Crippen LogP contribution in [0.25, 0.3) is 0 Å². The van der Waals surface area contributed by atoms with Crippen LogP contribution in [0, 0.1) is 0 Å². The van der Waals surface area contributed by atoms with Crippen LogP contribution < -0.4 is 0 Å². The molecule has 0 saturated heterocycles. The molecule has 0 spiro atoms. The molecule has 0 aromatic heterocycles. The van der Waals surface area contributed by atoms with Crippen molar-refractivity contribution in [2.24, 2.45) is 0 Å². The van der Waals surface area contributed by atoms with Gasteiger partial charge in [0.1, 0.15) is 0 Å². The van der Waals surface area contributed by atoms with E-state index in [1.807, 2.05) is 0 Å². The van der Waals surface area contributed by atoms with Gasteiger partial charge in [-0.2, -0.15) is 0 Å². The van der Waals surface area contributed by atoms with Crippen molar-refractivity contribution < 1.29 is 19.4 Å². The largest absolute Gasteiger partial charge is 0.479 e. The molecular weight excluding hydrogens is 400 g/mol. The molecule has 0 aliphatic carbocycles. The van der Waals surface area contributed by atoms with Crippen molar-refractivity contribution >= 4 is 11.9 Å². The van der Waals surface area contributed by atoms with Gasteiger partial charge in [-0.05, 0) is 13.3 Å². The van der Waals surface area contributed by atoms with Crippen LogP contribution in [0.15, 0.2) is 0 Å². The first-order valence-corrected chi connectivity index (χ1v) is 14.0. The van der Waals surface area contributed by atoms with Gasteiger partial charge in [0.15, 0.2) is 6.10 Å². The lowest BCUT2D eigenvalue weighted by molar-refractivity contribution is -0.162. The quantitative estimate of drug-likeness (QED) is 0.110. The number of hydrogen-bond donors (Lipinski definition) is 1. The number of carboxylic acids is 1. The van der Waals surface area contributed by atoms with Gasteiger partial charge in [-0.3, -0.25) is 4.79 Å². The van der Waals surface area contributed by atoms with E-state index in [1.165, 1.54) is 129 Å². The van der Waals surface area contributed by atoms with Gasteiger partial charge in [0.25, 0.3) is 0 Å². The zero-order chi connectivity index (χ0) is 23.7. The van der Waals surface area contributed by atoms with E-state index in [0.29, 0.717) is 6.42 Å². The molecule has 0 amide bonds. The average Bonchev–Trinajstić information content (AvgIpc) is 2.77. The molecule has 0 aromatic rings. The summed E-state index contributed by atoms with van der Waals surface area (Å²) in [7, 11) is 0. The molecular formula is C28H54O4. The molecule has 0 aromatic carbocycles. The van der Waals surface area contributed by atoms with E-state index in [1.54, 1.807) is 0 Å². The van der Waals surface area contributed by atoms with Crippen LogP contribution in [0.1, 0.15) is 162 Å². The number of carbonyl (C=O) groups excluding carboxylic acids is 1. The Kier molecular flexibility index (Phi) is 23.8. The average molecular weight is 455 g/mol. The summed E-state index contributed by atoms with van der Waals surface area (Å²) in [6.45, 7) is 3.67. The van der Waals surface area contributed by atoms with Gasteiger partial charge in [0.2, 0.25) is 0 Å². The SMILES string of the molecule is CCCCCCCCCCCCCCCCCCCCCCCCC(=O)OC(C)C(=O)O. The second-order valence-electron chi connectivity index (χ2n) is 9.64. The Hall–Kier alpha value is -1.06. The van der Waals surface area contributed by atoms with E-state index in [-0.39, 0.29) is 0 Å². The Labute approximate surface area is 199 Å². The van der Waals surface area contributed by atoms with Crippen molar-refractivity contribution in [3.05, 3.63) is 0 Å². The maximum absolute atomic E-state index is 11.5. The molecule has 0 bridgehead atoms. The third-order valence-electron chi connectivity index (χ3n) is 6.39. The van der Waals surface area contributed by atoms with Gasteiger partial charge < -0.3 is 9.84 Å². The Bertz CT molecular complexity index is 422. The summed E-state index contributed by atoms with van der Waals surface area (Å²) in [6.07, 6.45) is 28.8. The molecule has 0 rings (SSSR count). The van der Waals surface area contributed by atoms with E-state index in [9.17, 15) is 9.59 Å². The Morgan fingerprint density at radius 3 is 1.12 bits per heavy atom. The molecule has 1 atom stereocenters. The summed E-state index contributed by atoms with van der Waals surface area (Å²) in [5.41, 5.74) is 0. The van der Waals surface area contributed by atoms with Gasteiger partial charge in [0, 0.05) is 6.42 Å². The fourth-order valence-corrected chi connectivity index (χ4v) is 4.18. The number of unbranched alkanes of at least 4 members (excludes halogenated alkanes) is 21. The van der Waals surface area contributed by atoms with Crippen LogP contribution in [-0.4, -0.2) is 23.1 Å². The number of aliphatic carboxylic acids is 1. The van der Waals surface area contributed by atoms with Gasteiger partial charge in [-0.15, -0.1) is 0 Å². The Balaban J connectivity index is 3.13. The van der Waals surface area contributed by atoms with E-state index >= 15 is 0 Å². The second-order valence-corrected chi connectivity index (χ2v) is 9.64. The van der Waals surface area contributed by atoms with Gasteiger partial charge >= 0.3 is 11.9 Å². The maximum Gasteiger partial charge on any atom is 0.344 e. The highest BCUT2D eigenvalue weighted by Crippen LogP contribution is 2.15. The molecule has 190 valence electrons. The van der Waals surface area contributed by atoms with Crippen LogP contribution in [-0.2, 0) is 14.3 Å². The van der Waals surface area contributed by atoms with Crippen LogP contribution in [0.3, 0.4) is 0 Å². The number of hydrogen-bond acceptors (Lipinski definition) is 3. The smallest absolute Gasteiger partial charge is 0.344 e. The highest BCUT2D eigenvalue weighted by Gasteiger charge is 2.15. The molecule has 0 saturated carbocycles. The summed E-state index contributed by atoms with van der Waals surface area (Å²) in [5, 5.41) is 8.71. The predicted octanol–water partition coefficient (Wildman–Crippen LogP) is 8.99. The van der Waals surface area contributed by atoms with Crippen molar-refractivity contribution in [1.82, 2.24) is 0 Å². The minimum atomic E-state index is -1.09. The predicted molar refractivity (Wildman–Crippen MR) is 135 cm³/mol. The van der Waals surface area contributed by atoms with Crippen molar-refractivity contribution in [1.29, 1.82) is 0 Å². The van der Waals surface area contributed by atoms with E-state index in [0.717, 1.165) is 19.3 Å². The number of carbonyl (C=O) groups is 2. The summed E-state index contributed by atoms with van der Waals surface area (Å²) in [6, 6.07) is 0. The van der Waals surface area contributed by atoms with Crippen LogP contribution in [0.2, 0.25) is 0 Å². The lowest BCUT2D eigenvalue weighted by atomic mass is 10.0. The molecule has 0 heterocycles. The van der Waals surface area contributed by atoms with E-state index in [4.69, 9.17) is 9.84 Å². The van der Waals surface area contributed by atoms with Gasteiger partial charge in [-0.25, -0.2) is 4.79 Å². The molecule has 0 fully saturated rings. The monoisotopic (exact) mass is 454 g/mol. The molecule has 4 nitrogen and oxygen atoms in total. The molecule has 32 heavy (non-hydrogen) atoms. The first-order valence-electron chi connectivity index (χ1n) is 14.0. The van der Waals surface area contributed by atoms with E-state index < -0.39 is 18.0 Å². The fourth-order valence-electron chi connectivity index (χ4n) is 4.18. The van der Waals surface area contributed by atoms with Crippen LogP contribution in [0.4, 0.5) is 0 Å². The van der Waals surface area contributed by atoms with Crippen molar-refractivity contribution in [3.8, 4) is 0 Å². The Morgan fingerprint density at radius 1 is 0.562 bits per heavy atom. The van der Waals surface area contributed by atoms with Crippen LogP contribution >= 0.6 is 0 Å². The molecule has 0 aliphatic heterocycles. The highest BCUT2D eigenvalue weighted by molar-refractivity contribution is 5.77. The zero-order valence-electron chi connectivity index (χ0n) is 21.5. The third-order valence-corrected chi connectivity index (χ3v) is 6.39. The fraction of sp³-hybridized carbons (Fsp3) is 0.929. The summed E-state index contributed by atoms with van der Waals surface area (Å²) in [5.74, 6) is -1.49. The third kappa shape index (κ3) is 23.6. The number of esters is 1. The first kappa shape index (κ1) is 30.9. The molecule has 4 heteroatoms. The number of carboxylic acid groups (broad SMARTS) is 1. The van der Waals surface area contributed by atoms with Crippen LogP contribution in [0.5, 0.6) is 0 Å². The normalized spacial score (nSPS) is 12.1. The first-order chi connectivity index (χ1) is 15.6. The lowest BCUT2D eigenvalue weighted by Gasteiger charge is -2.08. The zero-order valence-corrected chi connectivity index (χ0v) is 21.5. The number of ether oxygens (including phenoxy) is 1. The molecule has 1 unspecified atom stereocenters. The minimum Gasteiger partial charge on any atom is -0.479 e. The maximum atomic E-state index is 11.5. The van der Waals surface area contributed by atoms with E-state index in [2.05, 4.69) is 6.92 Å². The van der Waals surface area contributed by atoms with Gasteiger partial charge in [-0.1, -0.05) is 142 Å². The van der Waals surface area contributed by atoms with Crippen molar-refractivity contribution in [2.45, 2.75) is 168 Å². The second kappa shape index (κ2) is 24.6. The molecule has 0 radical (unpaired) electrons. The van der Waals surface area contributed by atoms with Gasteiger partial charge in [0.05, 0.1) is 0 Å².